The van der Waals surface area contributed by atoms with Gasteiger partial charge in [-0.3, -0.25) is 9.55 Å². The summed E-state index contributed by atoms with van der Waals surface area (Å²) in [5.74, 6) is 0.790. The molecular weight excluding hydrogens is 250 g/mol. The Bertz CT molecular complexity index is 687. The number of imidazole rings is 1. The van der Waals surface area contributed by atoms with Gasteiger partial charge in [0.1, 0.15) is 6.33 Å². The third-order valence-electron chi connectivity index (χ3n) is 3.12. The second-order valence-corrected chi connectivity index (χ2v) is 4.65. The van der Waals surface area contributed by atoms with E-state index in [1.54, 1.807) is 12.5 Å². The van der Waals surface area contributed by atoms with E-state index in [2.05, 4.69) is 27.2 Å². The third kappa shape index (κ3) is 2.53. The lowest BCUT2D eigenvalue weighted by molar-refractivity contribution is 0.661. The van der Waals surface area contributed by atoms with Gasteiger partial charge < -0.3 is 5.32 Å². The van der Waals surface area contributed by atoms with Crippen molar-refractivity contribution in [1.82, 2.24) is 24.8 Å². The van der Waals surface area contributed by atoms with Crippen molar-refractivity contribution >= 4 is 11.0 Å². The highest BCUT2D eigenvalue weighted by Gasteiger charge is 2.05. The Balaban J connectivity index is 1.84. The smallest absolute Gasteiger partial charge is 0.156 e. The molecule has 0 saturated heterocycles. The van der Waals surface area contributed by atoms with E-state index >= 15 is 0 Å². The summed E-state index contributed by atoms with van der Waals surface area (Å²) in [6.45, 7) is 3.90. The van der Waals surface area contributed by atoms with Gasteiger partial charge >= 0.3 is 0 Å². The summed E-state index contributed by atoms with van der Waals surface area (Å²) in [4.78, 5) is 13.3. The molecule has 5 heteroatoms. The van der Waals surface area contributed by atoms with Crippen LogP contribution in [0.4, 0.5) is 0 Å². The minimum atomic E-state index is 0.756. The van der Waals surface area contributed by atoms with E-state index in [-0.39, 0.29) is 0 Å². The van der Waals surface area contributed by atoms with Gasteiger partial charge in [-0.1, -0.05) is 19.1 Å². The molecule has 102 valence electrons. The molecule has 0 aliphatic carbocycles. The quantitative estimate of drug-likeness (QED) is 0.721. The first-order valence-corrected chi connectivity index (χ1v) is 6.82. The van der Waals surface area contributed by atoms with Crippen LogP contribution in [0.1, 0.15) is 19.0 Å². The molecule has 5 nitrogen and oxygen atoms in total. The predicted molar refractivity (Wildman–Crippen MR) is 78.7 cm³/mol. The maximum absolute atomic E-state index is 4.47. The van der Waals surface area contributed by atoms with Crippen LogP contribution < -0.4 is 5.32 Å². The van der Waals surface area contributed by atoms with Crippen molar-refractivity contribution in [1.29, 1.82) is 0 Å². The Morgan fingerprint density at radius 2 is 2.00 bits per heavy atom. The van der Waals surface area contributed by atoms with Crippen molar-refractivity contribution in [3.63, 3.8) is 0 Å². The molecule has 2 aromatic heterocycles. The van der Waals surface area contributed by atoms with Crippen molar-refractivity contribution in [2.75, 3.05) is 6.54 Å². The predicted octanol–water partition coefficient (Wildman–Crippen LogP) is 2.32. The lowest BCUT2D eigenvalue weighted by atomic mass is 10.3. The van der Waals surface area contributed by atoms with Gasteiger partial charge in [0.2, 0.25) is 0 Å². The van der Waals surface area contributed by atoms with Crippen molar-refractivity contribution in [3.8, 4) is 5.82 Å². The Morgan fingerprint density at radius 3 is 2.80 bits per heavy atom. The van der Waals surface area contributed by atoms with Crippen molar-refractivity contribution in [3.05, 3.63) is 48.7 Å². The molecule has 2 heterocycles. The standard InChI is InChI=1S/C15H17N5/c1-2-7-16-8-12-9-18-15(10-17-12)20-11-19-13-5-3-4-6-14(13)20/h3-6,9-11,16H,2,7-8H2,1H3. The maximum atomic E-state index is 4.47. The van der Waals surface area contributed by atoms with Crippen molar-refractivity contribution < 1.29 is 0 Å². The molecule has 0 saturated carbocycles. The van der Waals surface area contributed by atoms with E-state index in [9.17, 15) is 0 Å². The number of hydrogen-bond acceptors (Lipinski definition) is 4. The van der Waals surface area contributed by atoms with Gasteiger partial charge in [0.15, 0.2) is 5.82 Å². The van der Waals surface area contributed by atoms with Gasteiger partial charge in [-0.25, -0.2) is 9.97 Å². The Kier molecular flexibility index (Phi) is 3.69. The lowest BCUT2D eigenvalue weighted by Crippen LogP contribution is -2.15. The topological polar surface area (TPSA) is 55.6 Å². The second-order valence-electron chi connectivity index (χ2n) is 4.65. The zero-order chi connectivity index (χ0) is 13.8. The van der Waals surface area contributed by atoms with Gasteiger partial charge in [0.25, 0.3) is 0 Å². The number of benzene rings is 1. The SMILES string of the molecule is CCCNCc1cnc(-n2cnc3ccccc32)cn1. The first-order chi connectivity index (χ1) is 9.88. The monoisotopic (exact) mass is 267 g/mol. The number of hydrogen-bond donors (Lipinski definition) is 1. The molecular formula is C15H17N5. The molecule has 0 radical (unpaired) electrons. The third-order valence-corrected chi connectivity index (χ3v) is 3.12. The average molecular weight is 267 g/mol. The molecule has 0 atom stereocenters. The number of aromatic nitrogens is 4. The summed E-state index contributed by atoms with van der Waals surface area (Å²) in [7, 11) is 0. The molecule has 1 aromatic carbocycles. The van der Waals surface area contributed by atoms with Crippen LogP contribution in [0.5, 0.6) is 0 Å². The fourth-order valence-electron chi connectivity index (χ4n) is 2.10. The number of nitrogens with zero attached hydrogens (tertiary/aromatic N) is 4. The Hall–Kier alpha value is -2.27. The summed E-state index contributed by atoms with van der Waals surface area (Å²) >= 11 is 0. The highest BCUT2D eigenvalue weighted by atomic mass is 15.1. The highest BCUT2D eigenvalue weighted by molar-refractivity contribution is 5.76. The van der Waals surface area contributed by atoms with Crippen LogP contribution >= 0.6 is 0 Å². The Morgan fingerprint density at radius 1 is 1.10 bits per heavy atom. The highest BCUT2D eigenvalue weighted by Crippen LogP contribution is 2.15. The average Bonchev–Trinajstić information content (AvgIpc) is 2.92. The zero-order valence-corrected chi connectivity index (χ0v) is 11.5. The van der Waals surface area contributed by atoms with E-state index in [1.165, 1.54) is 0 Å². The number of nitrogens with one attached hydrogen (secondary N) is 1. The molecule has 3 rings (SSSR count). The van der Waals surface area contributed by atoms with Gasteiger partial charge in [-0.15, -0.1) is 0 Å². The number of para-hydroxylation sites is 2. The summed E-state index contributed by atoms with van der Waals surface area (Å²) in [5.41, 5.74) is 2.95. The molecule has 0 unspecified atom stereocenters. The van der Waals surface area contributed by atoms with E-state index in [4.69, 9.17) is 0 Å². The first-order valence-electron chi connectivity index (χ1n) is 6.82. The normalized spacial score (nSPS) is 11.1. The number of rotatable bonds is 5. The van der Waals surface area contributed by atoms with Crippen molar-refractivity contribution in [2.45, 2.75) is 19.9 Å². The molecule has 20 heavy (non-hydrogen) atoms. The van der Waals surface area contributed by atoms with Crippen LogP contribution in [-0.2, 0) is 6.54 Å². The van der Waals surface area contributed by atoms with Crippen LogP contribution in [0.3, 0.4) is 0 Å². The summed E-state index contributed by atoms with van der Waals surface area (Å²) in [6, 6.07) is 7.99. The zero-order valence-electron chi connectivity index (χ0n) is 11.5. The van der Waals surface area contributed by atoms with Crippen LogP contribution in [0.2, 0.25) is 0 Å². The largest absolute Gasteiger partial charge is 0.311 e. The molecule has 0 bridgehead atoms. The van der Waals surface area contributed by atoms with Gasteiger partial charge in [0, 0.05) is 6.54 Å². The molecule has 1 N–H and O–H groups in total. The first kappa shape index (κ1) is 12.7. The number of fused-ring (bicyclic) bond motifs is 1. The van der Waals surface area contributed by atoms with Crippen LogP contribution in [0, 0.1) is 0 Å². The van der Waals surface area contributed by atoms with E-state index < -0.39 is 0 Å². The van der Waals surface area contributed by atoms with Crippen LogP contribution in [0.25, 0.3) is 16.9 Å². The minimum absolute atomic E-state index is 0.756. The molecule has 3 aromatic rings. The molecule has 0 fully saturated rings. The molecule has 0 aliphatic rings. The fourth-order valence-corrected chi connectivity index (χ4v) is 2.10. The van der Waals surface area contributed by atoms with Gasteiger partial charge in [-0.2, -0.15) is 0 Å². The van der Waals surface area contributed by atoms with Gasteiger partial charge in [0.05, 0.1) is 29.1 Å². The molecule has 0 amide bonds. The lowest BCUT2D eigenvalue weighted by Gasteiger charge is -2.05. The van der Waals surface area contributed by atoms with Gasteiger partial charge in [-0.05, 0) is 25.1 Å². The van der Waals surface area contributed by atoms with E-state index in [1.807, 2.05) is 35.0 Å². The van der Waals surface area contributed by atoms with Crippen molar-refractivity contribution in [2.24, 2.45) is 0 Å². The van der Waals surface area contributed by atoms with E-state index in [0.29, 0.717) is 0 Å². The Labute approximate surface area is 117 Å². The van der Waals surface area contributed by atoms with Crippen LogP contribution in [0.15, 0.2) is 43.0 Å². The fraction of sp³-hybridized carbons (Fsp3) is 0.267. The summed E-state index contributed by atoms with van der Waals surface area (Å²) in [6.07, 6.45) is 6.50. The summed E-state index contributed by atoms with van der Waals surface area (Å²) in [5, 5.41) is 3.31. The summed E-state index contributed by atoms with van der Waals surface area (Å²) < 4.78 is 1.95. The second kappa shape index (κ2) is 5.79. The molecule has 0 aliphatic heterocycles. The minimum Gasteiger partial charge on any atom is -0.311 e. The maximum Gasteiger partial charge on any atom is 0.156 e. The molecule has 0 spiro atoms. The van der Waals surface area contributed by atoms with E-state index in [0.717, 1.165) is 42.1 Å². The van der Waals surface area contributed by atoms with Crippen LogP contribution in [-0.4, -0.2) is 26.1 Å².